The number of anilines is 1. The van der Waals surface area contributed by atoms with E-state index in [0.717, 1.165) is 11.8 Å². The molecule has 0 radical (unpaired) electrons. The summed E-state index contributed by atoms with van der Waals surface area (Å²) in [4.78, 5) is 15.0. The molecule has 0 saturated carbocycles. The number of nitrogens with two attached hydrogens (primary N) is 1. The smallest absolute Gasteiger partial charge is 0.297 e. The Morgan fingerprint density at radius 2 is 2.12 bits per heavy atom. The van der Waals surface area contributed by atoms with Crippen molar-refractivity contribution in [3.63, 3.8) is 0 Å². The summed E-state index contributed by atoms with van der Waals surface area (Å²) >= 11 is 7.22. The topological polar surface area (TPSA) is 100.0 Å². The minimum absolute atomic E-state index is 0.0620. The van der Waals surface area contributed by atoms with Crippen LogP contribution in [0.1, 0.15) is 18.1 Å². The fourth-order valence-electron chi connectivity index (χ4n) is 2.00. The lowest BCUT2D eigenvalue weighted by atomic mass is 10.2. The Hall–Kier alpha value is -2.46. The average Bonchev–Trinajstić information content (AvgIpc) is 3.08. The number of methoxy groups -OCH3 is 1. The molecule has 0 atom stereocenters. The molecule has 3 aromatic rings. The number of hydrogen-bond acceptors (Lipinski definition) is 8. The van der Waals surface area contributed by atoms with E-state index in [1.807, 2.05) is 0 Å². The second-order valence-corrected chi connectivity index (χ2v) is 6.24. The molecule has 1 aromatic carbocycles. The summed E-state index contributed by atoms with van der Waals surface area (Å²) in [6, 6.07) is 5.14. The van der Waals surface area contributed by atoms with Crippen LogP contribution in [0.5, 0.6) is 5.75 Å². The Morgan fingerprint density at radius 1 is 1.31 bits per heavy atom. The van der Waals surface area contributed by atoms with Gasteiger partial charge in [0, 0.05) is 5.56 Å². The molecule has 26 heavy (non-hydrogen) atoms. The molecule has 0 amide bonds. The Balaban J connectivity index is 1.76. The van der Waals surface area contributed by atoms with E-state index in [9.17, 15) is 8.78 Å². The summed E-state index contributed by atoms with van der Waals surface area (Å²) in [7, 11) is 1.55. The van der Waals surface area contributed by atoms with Gasteiger partial charge in [0.15, 0.2) is 10.9 Å². The second kappa shape index (κ2) is 7.83. The Labute approximate surface area is 156 Å². The van der Waals surface area contributed by atoms with Gasteiger partial charge in [-0.25, -0.2) is 18.7 Å². The van der Waals surface area contributed by atoms with E-state index in [2.05, 4.69) is 19.9 Å². The molecule has 0 unspecified atom stereocenters. The van der Waals surface area contributed by atoms with Crippen molar-refractivity contribution >= 4 is 29.3 Å². The lowest BCUT2D eigenvalue weighted by Crippen LogP contribution is -2.04. The van der Waals surface area contributed by atoms with Crippen LogP contribution in [0.25, 0.3) is 11.3 Å². The number of benzene rings is 1. The minimum atomic E-state index is -2.83. The highest BCUT2D eigenvalue weighted by Gasteiger charge is 2.16. The Kier molecular flexibility index (Phi) is 5.52. The fraction of sp³-hybridized carbons (Fsp3) is 0.200. The number of ether oxygens (including phenoxy) is 1. The second-order valence-electron chi connectivity index (χ2n) is 4.89. The largest absolute Gasteiger partial charge is 0.497 e. The lowest BCUT2D eigenvalue weighted by molar-refractivity contribution is 0.139. The first-order chi connectivity index (χ1) is 12.5. The zero-order valence-electron chi connectivity index (χ0n) is 13.3. The molecular weight excluding hydrogens is 388 g/mol. The summed E-state index contributed by atoms with van der Waals surface area (Å²) in [5, 5.41) is 0.542. The normalized spacial score (nSPS) is 11.1. The molecule has 7 nitrogen and oxygen atoms in total. The fourth-order valence-corrected chi connectivity index (χ4v) is 2.91. The number of rotatable bonds is 6. The van der Waals surface area contributed by atoms with Crippen LogP contribution < -0.4 is 10.5 Å². The van der Waals surface area contributed by atoms with Crippen LogP contribution >= 0.6 is 23.4 Å². The number of thioether (sulfide) groups is 1. The van der Waals surface area contributed by atoms with Crippen LogP contribution in [0.2, 0.25) is 5.02 Å². The van der Waals surface area contributed by atoms with Gasteiger partial charge < -0.3 is 14.9 Å². The zero-order chi connectivity index (χ0) is 18.7. The maximum absolute atomic E-state index is 12.7. The molecule has 2 heterocycles. The predicted octanol–water partition coefficient (Wildman–Crippen LogP) is 4.00. The third kappa shape index (κ3) is 4.20. The van der Waals surface area contributed by atoms with Crippen LogP contribution in [0.15, 0.2) is 34.0 Å². The monoisotopic (exact) mass is 399 g/mol. The molecule has 136 valence electrons. The molecule has 2 aromatic heterocycles. The molecule has 0 spiro atoms. The van der Waals surface area contributed by atoms with Gasteiger partial charge in [0.25, 0.3) is 6.43 Å². The summed E-state index contributed by atoms with van der Waals surface area (Å²) < 4.78 is 36.2. The quantitative estimate of drug-likeness (QED) is 0.621. The van der Waals surface area contributed by atoms with Gasteiger partial charge in [0.1, 0.15) is 5.75 Å². The van der Waals surface area contributed by atoms with Crippen molar-refractivity contribution in [3.8, 4) is 17.1 Å². The molecule has 0 bridgehead atoms. The molecular formula is C15H12ClF2N5O2S. The first-order valence-corrected chi connectivity index (χ1v) is 8.53. The summed E-state index contributed by atoms with van der Waals surface area (Å²) in [6.45, 7) is 0. The van der Waals surface area contributed by atoms with E-state index < -0.39 is 12.2 Å². The molecule has 2 N–H and O–H groups in total. The third-order valence-electron chi connectivity index (χ3n) is 3.16. The molecule has 0 aliphatic rings. The van der Waals surface area contributed by atoms with E-state index in [4.69, 9.17) is 26.5 Å². The number of oxazole rings is 1. The van der Waals surface area contributed by atoms with Gasteiger partial charge in [-0.3, -0.25) is 0 Å². The standard InChI is InChI=1S/C15H12ClF2N5O2S/c1-24-7-2-3-9(16)8(4-7)10-5-20-11(25-10)6-26-15-22-13(12(17)18)21-14(19)23-15/h2-5,12H,6H2,1H3,(H2,19,21,22,23). The van der Waals surface area contributed by atoms with E-state index in [1.54, 1.807) is 25.3 Å². The molecule has 3 rings (SSSR count). The maximum atomic E-state index is 12.7. The Morgan fingerprint density at radius 3 is 2.85 bits per heavy atom. The van der Waals surface area contributed by atoms with Crippen molar-refractivity contribution in [3.05, 3.63) is 41.1 Å². The maximum Gasteiger partial charge on any atom is 0.297 e. The van der Waals surface area contributed by atoms with Crippen LogP contribution in [-0.4, -0.2) is 27.0 Å². The van der Waals surface area contributed by atoms with Crippen molar-refractivity contribution in [1.82, 2.24) is 19.9 Å². The predicted molar refractivity (Wildman–Crippen MR) is 92.3 cm³/mol. The summed E-state index contributed by atoms with van der Waals surface area (Å²) in [5.74, 6) is 0.699. The summed E-state index contributed by atoms with van der Waals surface area (Å²) in [6.07, 6.45) is -1.31. The lowest BCUT2D eigenvalue weighted by Gasteiger charge is -2.04. The van der Waals surface area contributed by atoms with Crippen molar-refractivity contribution in [2.24, 2.45) is 0 Å². The van der Waals surface area contributed by atoms with Crippen molar-refractivity contribution in [2.45, 2.75) is 17.3 Å². The number of nitrogen functional groups attached to an aromatic ring is 1. The molecule has 0 fully saturated rings. The molecule has 0 aliphatic heterocycles. The number of halogens is 3. The van der Waals surface area contributed by atoms with Crippen LogP contribution in [0, 0.1) is 0 Å². The highest BCUT2D eigenvalue weighted by Crippen LogP contribution is 2.32. The first-order valence-electron chi connectivity index (χ1n) is 7.17. The van der Waals surface area contributed by atoms with Gasteiger partial charge in [-0.15, -0.1) is 0 Å². The molecule has 0 aliphatic carbocycles. The van der Waals surface area contributed by atoms with Gasteiger partial charge >= 0.3 is 0 Å². The first kappa shape index (κ1) is 18.3. The van der Waals surface area contributed by atoms with Crippen molar-refractivity contribution in [1.29, 1.82) is 0 Å². The van der Waals surface area contributed by atoms with Crippen molar-refractivity contribution < 1.29 is 17.9 Å². The third-order valence-corrected chi connectivity index (χ3v) is 4.32. The highest BCUT2D eigenvalue weighted by atomic mass is 35.5. The van der Waals surface area contributed by atoms with Gasteiger partial charge in [-0.05, 0) is 18.2 Å². The Bertz CT molecular complexity index is 925. The number of hydrogen-bond donors (Lipinski definition) is 1. The molecule has 0 saturated heterocycles. The zero-order valence-corrected chi connectivity index (χ0v) is 14.9. The highest BCUT2D eigenvalue weighted by molar-refractivity contribution is 7.98. The minimum Gasteiger partial charge on any atom is -0.497 e. The van der Waals surface area contributed by atoms with Crippen LogP contribution in [-0.2, 0) is 5.75 Å². The number of alkyl halides is 2. The van der Waals surface area contributed by atoms with Gasteiger partial charge in [0.2, 0.25) is 17.7 Å². The van der Waals surface area contributed by atoms with E-state index >= 15 is 0 Å². The average molecular weight is 400 g/mol. The van der Waals surface area contributed by atoms with Crippen molar-refractivity contribution in [2.75, 3.05) is 12.8 Å². The number of nitrogens with zero attached hydrogens (tertiary/aromatic N) is 4. The van der Waals surface area contributed by atoms with E-state index in [-0.39, 0.29) is 16.9 Å². The van der Waals surface area contributed by atoms with Gasteiger partial charge in [-0.2, -0.15) is 9.97 Å². The van der Waals surface area contributed by atoms with E-state index in [0.29, 0.717) is 28.0 Å². The molecule has 11 heteroatoms. The van der Waals surface area contributed by atoms with Gasteiger partial charge in [0.05, 0.1) is 24.1 Å². The number of aromatic nitrogens is 4. The van der Waals surface area contributed by atoms with Crippen LogP contribution in [0.4, 0.5) is 14.7 Å². The van der Waals surface area contributed by atoms with Crippen LogP contribution in [0.3, 0.4) is 0 Å². The van der Waals surface area contributed by atoms with Gasteiger partial charge in [-0.1, -0.05) is 23.4 Å². The van der Waals surface area contributed by atoms with E-state index in [1.165, 1.54) is 6.20 Å². The SMILES string of the molecule is COc1ccc(Cl)c(-c2cnc(CSc3nc(N)nc(C(F)F)n3)o2)c1. The summed E-state index contributed by atoms with van der Waals surface area (Å²) in [5.41, 5.74) is 6.04.